The minimum absolute atomic E-state index is 0.00977. The van der Waals surface area contributed by atoms with E-state index in [-0.39, 0.29) is 12.5 Å². The molecular weight excluding hydrogens is 448 g/mol. The molecule has 3 heterocycles. The highest BCUT2D eigenvalue weighted by Gasteiger charge is 2.25. The van der Waals surface area contributed by atoms with Crippen molar-refractivity contribution in [2.24, 2.45) is 0 Å². The van der Waals surface area contributed by atoms with E-state index in [2.05, 4.69) is 17.1 Å². The Labute approximate surface area is 204 Å². The number of fused-ring (bicyclic) bond motifs is 1. The molecule has 7 nitrogen and oxygen atoms in total. The second-order valence-corrected chi connectivity index (χ2v) is 11.7. The van der Waals surface area contributed by atoms with E-state index in [0.717, 1.165) is 49.6 Å². The number of hydrogen-bond donors (Lipinski definition) is 1. The molecule has 0 unspecified atom stereocenters. The van der Waals surface area contributed by atoms with Crippen LogP contribution in [0.2, 0.25) is 0 Å². The smallest absolute Gasteiger partial charge is 0.243 e. The number of sulfonamides is 1. The van der Waals surface area contributed by atoms with Crippen LogP contribution in [0, 0.1) is 0 Å². The predicted octanol–water partition coefficient (Wildman–Crippen LogP) is 3.98. The van der Waals surface area contributed by atoms with Crippen molar-refractivity contribution in [2.75, 3.05) is 32.7 Å². The standard InChI is InChI=1S/C26H40N4O3S/c1-2-23-10-5-8-15-28(23)16-9-14-27-26(31)21-29-19-13-22-20-24(11-12-25(22)29)34(32,33)30-17-6-3-4-7-18-30/h11-13,19-20,23H,2-10,14-18,21H2,1H3,(H,27,31)/t23-/m0/s1. The zero-order chi connectivity index (χ0) is 24.0. The number of carbonyl (C=O) groups is 1. The quantitative estimate of drug-likeness (QED) is 0.542. The molecule has 0 saturated carbocycles. The fraction of sp³-hybridized carbons (Fsp3) is 0.654. The molecule has 34 heavy (non-hydrogen) atoms. The second-order valence-electron chi connectivity index (χ2n) is 9.78. The Morgan fingerprint density at radius 2 is 1.79 bits per heavy atom. The van der Waals surface area contributed by atoms with E-state index in [9.17, 15) is 13.2 Å². The fourth-order valence-electron chi connectivity index (χ4n) is 5.44. The highest BCUT2D eigenvalue weighted by atomic mass is 32.2. The summed E-state index contributed by atoms with van der Waals surface area (Å²) in [6, 6.07) is 7.84. The van der Waals surface area contributed by atoms with Gasteiger partial charge in [-0.1, -0.05) is 26.2 Å². The number of hydrogen-bond acceptors (Lipinski definition) is 4. The number of aromatic nitrogens is 1. The number of piperidine rings is 1. The fourth-order valence-corrected chi connectivity index (χ4v) is 7.00. The van der Waals surface area contributed by atoms with Gasteiger partial charge in [-0.25, -0.2) is 8.42 Å². The molecule has 8 heteroatoms. The molecule has 2 fully saturated rings. The number of benzene rings is 1. The Morgan fingerprint density at radius 3 is 2.56 bits per heavy atom. The molecular formula is C26H40N4O3S. The monoisotopic (exact) mass is 488 g/mol. The molecule has 1 N–H and O–H groups in total. The average Bonchev–Trinajstić information content (AvgIpc) is 3.04. The normalized spacial score (nSPS) is 20.9. The van der Waals surface area contributed by atoms with E-state index in [1.807, 2.05) is 22.9 Å². The summed E-state index contributed by atoms with van der Waals surface area (Å²) in [5.74, 6) is -0.00977. The molecule has 1 aromatic heterocycles. The van der Waals surface area contributed by atoms with E-state index in [1.54, 1.807) is 16.4 Å². The van der Waals surface area contributed by atoms with Crippen LogP contribution >= 0.6 is 0 Å². The van der Waals surface area contributed by atoms with E-state index < -0.39 is 10.0 Å². The van der Waals surface area contributed by atoms with Gasteiger partial charge in [-0.2, -0.15) is 4.31 Å². The van der Waals surface area contributed by atoms with Gasteiger partial charge in [0.2, 0.25) is 15.9 Å². The maximum absolute atomic E-state index is 13.1. The summed E-state index contributed by atoms with van der Waals surface area (Å²) < 4.78 is 29.8. The van der Waals surface area contributed by atoms with Crippen LogP contribution in [-0.4, -0.2) is 66.9 Å². The van der Waals surface area contributed by atoms with Crippen molar-refractivity contribution in [3.05, 3.63) is 30.5 Å². The maximum atomic E-state index is 13.1. The number of rotatable bonds is 9. The minimum Gasteiger partial charge on any atom is -0.355 e. The molecule has 0 aliphatic carbocycles. The molecule has 1 aromatic carbocycles. The Morgan fingerprint density at radius 1 is 1.03 bits per heavy atom. The molecule has 2 aliphatic heterocycles. The van der Waals surface area contributed by atoms with Crippen LogP contribution in [0.15, 0.2) is 35.4 Å². The van der Waals surface area contributed by atoms with Crippen molar-refractivity contribution in [3.8, 4) is 0 Å². The Hall–Kier alpha value is -1.90. The Kier molecular flexibility index (Phi) is 8.66. The third-order valence-corrected chi connectivity index (χ3v) is 9.32. The molecule has 2 aromatic rings. The maximum Gasteiger partial charge on any atom is 0.243 e. The van der Waals surface area contributed by atoms with Gasteiger partial charge in [-0.15, -0.1) is 0 Å². The zero-order valence-electron chi connectivity index (χ0n) is 20.5. The molecule has 4 rings (SSSR count). The van der Waals surface area contributed by atoms with Crippen molar-refractivity contribution in [1.29, 1.82) is 0 Å². The van der Waals surface area contributed by atoms with Crippen LogP contribution in [0.5, 0.6) is 0 Å². The average molecular weight is 489 g/mol. The van der Waals surface area contributed by atoms with Crippen molar-refractivity contribution in [3.63, 3.8) is 0 Å². The molecule has 2 aliphatic rings. The molecule has 0 bridgehead atoms. The SMILES string of the molecule is CC[C@H]1CCCCN1CCCNC(=O)Cn1ccc2cc(S(=O)(=O)N3CCCCCC3)ccc21. The molecule has 1 atom stereocenters. The number of carbonyl (C=O) groups excluding carboxylic acids is 1. The summed E-state index contributed by atoms with van der Waals surface area (Å²) in [5.41, 5.74) is 0.879. The van der Waals surface area contributed by atoms with E-state index >= 15 is 0 Å². The van der Waals surface area contributed by atoms with Crippen LogP contribution in [-0.2, 0) is 21.4 Å². The van der Waals surface area contributed by atoms with E-state index in [4.69, 9.17) is 0 Å². The highest BCUT2D eigenvalue weighted by molar-refractivity contribution is 7.89. The van der Waals surface area contributed by atoms with Gasteiger partial charge in [0.15, 0.2) is 0 Å². The van der Waals surface area contributed by atoms with Gasteiger partial charge in [0.25, 0.3) is 0 Å². The first-order chi connectivity index (χ1) is 16.5. The molecule has 0 radical (unpaired) electrons. The summed E-state index contributed by atoms with van der Waals surface area (Å²) in [5, 5.41) is 3.90. The largest absolute Gasteiger partial charge is 0.355 e. The highest BCUT2D eigenvalue weighted by Crippen LogP contribution is 2.25. The van der Waals surface area contributed by atoms with Gasteiger partial charge >= 0.3 is 0 Å². The summed E-state index contributed by atoms with van der Waals surface area (Å²) in [7, 11) is -3.48. The molecule has 2 saturated heterocycles. The first-order valence-corrected chi connectivity index (χ1v) is 14.5. The number of amides is 1. The van der Waals surface area contributed by atoms with Crippen LogP contribution < -0.4 is 5.32 Å². The van der Waals surface area contributed by atoms with Gasteiger partial charge in [-0.05, 0) is 69.3 Å². The Balaban J connectivity index is 1.31. The number of likely N-dealkylation sites (tertiary alicyclic amines) is 1. The molecule has 188 valence electrons. The topological polar surface area (TPSA) is 74.6 Å². The Bertz CT molecular complexity index is 1060. The summed E-state index contributed by atoms with van der Waals surface area (Å²) in [6.45, 7) is 6.60. The lowest BCUT2D eigenvalue weighted by molar-refractivity contribution is -0.121. The number of nitrogens with zero attached hydrogens (tertiary/aromatic N) is 3. The van der Waals surface area contributed by atoms with Crippen molar-refractivity contribution in [2.45, 2.75) is 82.2 Å². The zero-order valence-corrected chi connectivity index (χ0v) is 21.4. The molecule has 1 amide bonds. The van der Waals surface area contributed by atoms with E-state index in [0.29, 0.717) is 30.6 Å². The van der Waals surface area contributed by atoms with Gasteiger partial charge in [-0.3, -0.25) is 4.79 Å². The summed E-state index contributed by atoms with van der Waals surface area (Å²) in [6.07, 6.45) is 12.0. The predicted molar refractivity (Wildman–Crippen MR) is 136 cm³/mol. The van der Waals surface area contributed by atoms with Gasteiger partial charge < -0.3 is 14.8 Å². The molecule has 0 spiro atoms. The van der Waals surface area contributed by atoms with E-state index in [1.165, 1.54) is 32.2 Å². The van der Waals surface area contributed by atoms with Crippen molar-refractivity contribution in [1.82, 2.24) is 19.1 Å². The third kappa shape index (κ3) is 6.01. The third-order valence-electron chi connectivity index (χ3n) is 7.42. The van der Waals surface area contributed by atoms with Crippen LogP contribution in [0.4, 0.5) is 0 Å². The van der Waals surface area contributed by atoms with Crippen LogP contribution in [0.3, 0.4) is 0 Å². The van der Waals surface area contributed by atoms with Crippen LogP contribution in [0.1, 0.15) is 64.7 Å². The number of nitrogens with one attached hydrogen (secondary N) is 1. The van der Waals surface area contributed by atoms with Crippen molar-refractivity contribution >= 4 is 26.8 Å². The van der Waals surface area contributed by atoms with Crippen LogP contribution in [0.25, 0.3) is 10.9 Å². The van der Waals surface area contributed by atoms with Gasteiger partial charge in [0.05, 0.1) is 4.90 Å². The first-order valence-electron chi connectivity index (χ1n) is 13.1. The summed E-state index contributed by atoms with van der Waals surface area (Å²) >= 11 is 0. The second kappa shape index (κ2) is 11.7. The van der Waals surface area contributed by atoms with Crippen molar-refractivity contribution < 1.29 is 13.2 Å². The lowest BCUT2D eigenvalue weighted by atomic mass is 10.00. The minimum atomic E-state index is -3.48. The van der Waals surface area contributed by atoms with Gasteiger partial charge in [0.1, 0.15) is 6.54 Å². The summed E-state index contributed by atoms with van der Waals surface area (Å²) in [4.78, 5) is 15.5. The lowest BCUT2D eigenvalue weighted by Crippen LogP contribution is -2.40. The first kappa shape index (κ1) is 25.2. The lowest BCUT2D eigenvalue weighted by Gasteiger charge is -2.35. The van der Waals surface area contributed by atoms with Gasteiger partial charge in [0, 0.05) is 49.3 Å².